The van der Waals surface area contributed by atoms with Crippen molar-refractivity contribution in [2.24, 2.45) is 0 Å². The van der Waals surface area contributed by atoms with Crippen molar-refractivity contribution in [1.82, 2.24) is 0 Å². The third-order valence-corrected chi connectivity index (χ3v) is 1.44. The Hall–Kier alpha value is -2.02. The number of carbonyl (C=O) groups is 2. The first-order valence-electron chi connectivity index (χ1n) is 5.04. The van der Waals surface area contributed by atoms with Crippen molar-refractivity contribution in [1.29, 1.82) is 0 Å². The van der Waals surface area contributed by atoms with E-state index in [4.69, 9.17) is 22.3 Å². The highest BCUT2D eigenvalue weighted by molar-refractivity contribution is 5.71. The van der Waals surface area contributed by atoms with E-state index >= 15 is 0 Å². The summed E-state index contributed by atoms with van der Waals surface area (Å²) in [6.45, 7) is -0.306. The summed E-state index contributed by atoms with van der Waals surface area (Å²) < 4.78 is 18.9. The molecule has 0 atom stereocenters. The van der Waals surface area contributed by atoms with Gasteiger partial charge >= 0.3 is 11.9 Å². The van der Waals surface area contributed by atoms with Gasteiger partial charge in [-0.05, 0) is 0 Å². The maximum atomic E-state index is 10.9. The molecule has 0 N–H and O–H groups in total. The maximum absolute atomic E-state index is 10.9. The van der Waals surface area contributed by atoms with Crippen LogP contribution in [0.4, 0.5) is 0 Å². The first kappa shape index (κ1) is 16.0. The smallest absolute Gasteiger partial charge is 0.333 e. The number of hydrogen-bond donors (Lipinski definition) is 0. The van der Waals surface area contributed by atoms with Crippen LogP contribution in [0.3, 0.4) is 0 Å². The average molecular weight is 254 g/mol. The minimum Gasteiger partial charge on any atom is -0.451 e. The van der Waals surface area contributed by atoms with Crippen LogP contribution in [0.15, 0.2) is 0 Å². The van der Waals surface area contributed by atoms with Gasteiger partial charge in [0.05, 0.1) is 13.2 Å². The molecule has 6 heteroatoms. The average Bonchev–Trinajstić information content (AvgIpc) is 2.37. The van der Waals surface area contributed by atoms with E-state index in [2.05, 4.69) is 21.3 Å². The Balaban J connectivity index is 3.31. The largest absolute Gasteiger partial charge is 0.451 e. The van der Waals surface area contributed by atoms with Crippen molar-refractivity contribution in [2.75, 3.05) is 39.6 Å². The first-order chi connectivity index (χ1) is 8.70. The molecule has 0 fully saturated rings. The molecule has 0 spiro atoms. The van der Waals surface area contributed by atoms with Crippen molar-refractivity contribution in [3.63, 3.8) is 0 Å². The van der Waals surface area contributed by atoms with E-state index < -0.39 is 11.9 Å². The Bertz CT molecular complexity index is 301. The van der Waals surface area contributed by atoms with Gasteiger partial charge in [0.25, 0.3) is 0 Å². The molecular formula is C12H14O6. The third-order valence-electron chi connectivity index (χ3n) is 1.44. The van der Waals surface area contributed by atoms with Gasteiger partial charge in [0.2, 0.25) is 0 Å². The number of rotatable bonds is 9. The fourth-order valence-electron chi connectivity index (χ4n) is 0.757. The lowest BCUT2D eigenvalue weighted by atomic mass is 10.6. The standard InChI is InChI=1S/C12H14O6/c1-3-5-17-11(13)9-15-7-8-16-10-12(14)18-6-4-2/h1-2H,5-10H2. The Morgan fingerprint density at radius 2 is 1.22 bits per heavy atom. The molecule has 0 rings (SSSR count). The van der Waals surface area contributed by atoms with E-state index in [1.165, 1.54) is 0 Å². The molecule has 0 radical (unpaired) electrons. The molecule has 0 bridgehead atoms. The first-order valence-corrected chi connectivity index (χ1v) is 5.04. The summed E-state index contributed by atoms with van der Waals surface area (Å²) in [6.07, 6.45) is 9.78. The van der Waals surface area contributed by atoms with Crippen LogP contribution in [0.5, 0.6) is 0 Å². The number of hydrogen-bond acceptors (Lipinski definition) is 6. The molecule has 0 aromatic rings. The number of esters is 2. The van der Waals surface area contributed by atoms with Gasteiger partial charge in [-0.15, -0.1) is 12.8 Å². The predicted octanol–water partition coefficient (Wildman–Crippen LogP) is -0.628. The Labute approximate surface area is 106 Å². The minimum absolute atomic E-state index is 0.0836. The van der Waals surface area contributed by atoms with Crippen molar-refractivity contribution in [2.45, 2.75) is 0 Å². The quantitative estimate of drug-likeness (QED) is 0.310. The van der Waals surface area contributed by atoms with Crippen LogP contribution in [-0.2, 0) is 28.5 Å². The van der Waals surface area contributed by atoms with E-state index in [1.807, 2.05) is 0 Å². The normalized spacial score (nSPS) is 9.00. The summed E-state index contributed by atoms with van der Waals surface area (Å²) in [7, 11) is 0. The monoisotopic (exact) mass is 254 g/mol. The fourth-order valence-corrected chi connectivity index (χ4v) is 0.757. The van der Waals surface area contributed by atoms with Crippen LogP contribution in [-0.4, -0.2) is 51.6 Å². The van der Waals surface area contributed by atoms with Gasteiger partial charge in [-0.2, -0.15) is 0 Å². The second-order valence-corrected chi connectivity index (χ2v) is 2.83. The molecule has 0 aromatic carbocycles. The van der Waals surface area contributed by atoms with Crippen LogP contribution < -0.4 is 0 Å². The second kappa shape index (κ2) is 11.5. The molecule has 6 nitrogen and oxygen atoms in total. The van der Waals surface area contributed by atoms with E-state index in [1.54, 1.807) is 0 Å². The molecule has 0 aliphatic carbocycles. The summed E-state index contributed by atoms with van der Waals surface area (Å²) >= 11 is 0. The highest BCUT2D eigenvalue weighted by Crippen LogP contribution is 1.85. The molecule has 0 heterocycles. The highest BCUT2D eigenvalue weighted by atomic mass is 16.6. The molecule has 0 aromatic heterocycles. The molecule has 0 saturated carbocycles. The van der Waals surface area contributed by atoms with Crippen LogP contribution in [0.2, 0.25) is 0 Å². The van der Waals surface area contributed by atoms with Crippen LogP contribution in [0.1, 0.15) is 0 Å². The summed E-state index contributed by atoms with van der Waals surface area (Å²) in [4.78, 5) is 21.8. The molecule has 0 unspecified atom stereocenters. The summed E-state index contributed by atoms with van der Waals surface area (Å²) in [5.41, 5.74) is 0. The van der Waals surface area contributed by atoms with Crippen LogP contribution >= 0.6 is 0 Å². The number of terminal acetylenes is 2. The van der Waals surface area contributed by atoms with E-state index in [9.17, 15) is 9.59 Å². The van der Waals surface area contributed by atoms with E-state index in [0.29, 0.717) is 0 Å². The second-order valence-electron chi connectivity index (χ2n) is 2.83. The van der Waals surface area contributed by atoms with E-state index in [-0.39, 0.29) is 39.6 Å². The summed E-state index contributed by atoms with van der Waals surface area (Å²) in [5, 5.41) is 0. The van der Waals surface area contributed by atoms with Crippen molar-refractivity contribution < 1.29 is 28.5 Å². The van der Waals surface area contributed by atoms with Crippen LogP contribution in [0, 0.1) is 24.7 Å². The zero-order valence-corrected chi connectivity index (χ0v) is 9.85. The molecular weight excluding hydrogens is 240 g/mol. The minimum atomic E-state index is -0.554. The van der Waals surface area contributed by atoms with Gasteiger partial charge < -0.3 is 18.9 Å². The van der Waals surface area contributed by atoms with Crippen molar-refractivity contribution >= 4 is 11.9 Å². The van der Waals surface area contributed by atoms with Crippen LogP contribution in [0.25, 0.3) is 0 Å². The zero-order chi connectivity index (χ0) is 13.6. The van der Waals surface area contributed by atoms with Gasteiger partial charge in [0.15, 0.2) is 13.2 Å². The highest BCUT2D eigenvalue weighted by Gasteiger charge is 2.03. The predicted molar refractivity (Wildman–Crippen MR) is 61.2 cm³/mol. The summed E-state index contributed by atoms with van der Waals surface area (Å²) in [5.74, 6) is 3.19. The fraction of sp³-hybridized carbons (Fsp3) is 0.500. The maximum Gasteiger partial charge on any atom is 0.333 e. The van der Waals surface area contributed by atoms with Crippen molar-refractivity contribution in [3.05, 3.63) is 0 Å². The Kier molecular flexibility index (Phi) is 10.2. The van der Waals surface area contributed by atoms with Gasteiger partial charge in [-0.3, -0.25) is 0 Å². The zero-order valence-electron chi connectivity index (χ0n) is 9.85. The molecule has 98 valence electrons. The SMILES string of the molecule is C#CCOC(=O)COCCOCC(=O)OCC#C. The van der Waals surface area contributed by atoms with Crippen molar-refractivity contribution in [3.8, 4) is 24.7 Å². The number of carbonyl (C=O) groups excluding carboxylic acids is 2. The Morgan fingerprint density at radius 3 is 1.56 bits per heavy atom. The van der Waals surface area contributed by atoms with Gasteiger partial charge in [0, 0.05) is 0 Å². The molecule has 18 heavy (non-hydrogen) atoms. The lowest BCUT2D eigenvalue weighted by Gasteiger charge is -2.05. The molecule has 0 aliphatic heterocycles. The van der Waals surface area contributed by atoms with Gasteiger partial charge in [0.1, 0.15) is 13.2 Å². The Morgan fingerprint density at radius 1 is 0.833 bits per heavy atom. The molecule has 0 aliphatic rings. The number of ether oxygens (including phenoxy) is 4. The van der Waals surface area contributed by atoms with Gasteiger partial charge in [-0.1, -0.05) is 11.8 Å². The lowest BCUT2D eigenvalue weighted by molar-refractivity contribution is -0.151. The van der Waals surface area contributed by atoms with E-state index in [0.717, 1.165) is 0 Å². The van der Waals surface area contributed by atoms with Gasteiger partial charge in [-0.25, -0.2) is 9.59 Å². The lowest BCUT2D eigenvalue weighted by Crippen LogP contribution is -2.18. The topological polar surface area (TPSA) is 71.1 Å². The third kappa shape index (κ3) is 10.5. The molecule has 0 amide bonds. The summed E-state index contributed by atoms with van der Waals surface area (Å²) in [6, 6.07) is 0. The molecule has 0 saturated heterocycles.